The highest BCUT2D eigenvalue weighted by molar-refractivity contribution is 5.94. The number of rotatable bonds is 2. The van der Waals surface area contributed by atoms with Crippen molar-refractivity contribution in [3.05, 3.63) is 59.0 Å². The Hall–Kier alpha value is -4.21. The van der Waals surface area contributed by atoms with Gasteiger partial charge in [0.15, 0.2) is 11.6 Å². The monoisotopic (exact) mass is 362 g/mol. The molecule has 0 fully saturated rings. The molecule has 6 N–H and O–H groups in total. The fraction of sp³-hybridized carbons (Fsp3) is 0. The summed E-state index contributed by atoms with van der Waals surface area (Å²) in [6.07, 6.45) is 0. The summed E-state index contributed by atoms with van der Waals surface area (Å²) in [6.45, 7) is 0. The van der Waals surface area contributed by atoms with Crippen LogP contribution in [0.15, 0.2) is 67.7 Å². The van der Waals surface area contributed by atoms with E-state index in [0.717, 1.165) is 0 Å². The van der Waals surface area contributed by atoms with Gasteiger partial charge < -0.3 is 21.6 Å². The topological polar surface area (TPSA) is 164 Å². The van der Waals surface area contributed by atoms with E-state index in [-0.39, 0.29) is 17.6 Å². The molecule has 0 spiro atoms. The van der Waals surface area contributed by atoms with E-state index in [1.165, 1.54) is 4.68 Å². The average Bonchev–Trinajstić information content (AvgIpc) is 3.04. The van der Waals surface area contributed by atoms with Gasteiger partial charge >= 0.3 is 5.63 Å². The van der Waals surface area contributed by atoms with Gasteiger partial charge in [-0.1, -0.05) is 17.3 Å². The molecule has 27 heavy (non-hydrogen) atoms. The van der Waals surface area contributed by atoms with Crippen LogP contribution >= 0.6 is 0 Å². The van der Waals surface area contributed by atoms with Crippen LogP contribution in [0.1, 0.15) is 0 Å². The second-order valence-electron chi connectivity index (χ2n) is 5.64. The van der Waals surface area contributed by atoms with E-state index in [2.05, 4.69) is 20.3 Å². The number of aromatic nitrogens is 3. The molecule has 4 rings (SSSR count). The van der Waals surface area contributed by atoms with Crippen molar-refractivity contribution in [1.29, 1.82) is 0 Å². The highest BCUT2D eigenvalue weighted by atomic mass is 16.4. The first-order chi connectivity index (χ1) is 13.0. The minimum absolute atomic E-state index is 0.109. The van der Waals surface area contributed by atoms with E-state index in [0.29, 0.717) is 27.7 Å². The number of benzene rings is 2. The third-order valence-corrected chi connectivity index (χ3v) is 3.77. The van der Waals surface area contributed by atoms with Gasteiger partial charge in [0, 0.05) is 11.5 Å². The maximum absolute atomic E-state index is 12.5. The van der Waals surface area contributed by atoms with Crippen LogP contribution in [0.4, 0.5) is 5.69 Å². The molecule has 0 amide bonds. The highest BCUT2D eigenvalue weighted by Crippen LogP contribution is 2.23. The molecule has 0 unspecified atom stereocenters. The molecule has 10 nitrogen and oxygen atoms in total. The summed E-state index contributed by atoms with van der Waals surface area (Å²) >= 11 is 0. The molecule has 0 saturated carbocycles. The van der Waals surface area contributed by atoms with Crippen LogP contribution in [0.3, 0.4) is 0 Å². The summed E-state index contributed by atoms with van der Waals surface area (Å²) in [5.41, 5.74) is 18.0. The molecule has 0 atom stereocenters. The third kappa shape index (κ3) is 3.06. The predicted octanol–water partition coefficient (Wildman–Crippen LogP) is 0.747. The van der Waals surface area contributed by atoms with Crippen LogP contribution in [-0.2, 0) is 0 Å². The van der Waals surface area contributed by atoms with Gasteiger partial charge in [-0.05, 0) is 30.3 Å². The van der Waals surface area contributed by atoms with Crippen molar-refractivity contribution in [3.63, 3.8) is 0 Å². The Kier molecular flexibility index (Phi) is 3.77. The van der Waals surface area contributed by atoms with E-state index in [1.54, 1.807) is 24.3 Å². The fourth-order valence-corrected chi connectivity index (χ4v) is 2.64. The van der Waals surface area contributed by atoms with Gasteiger partial charge in [-0.3, -0.25) is 0 Å². The summed E-state index contributed by atoms with van der Waals surface area (Å²) < 4.78 is 6.88. The Balaban J connectivity index is 1.82. The lowest BCUT2D eigenvalue weighted by Gasteiger charge is -2.04. The zero-order valence-corrected chi connectivity index (χ0v) is 13.9. The van der Waals surface area contributed by atoms with Gasteiger partial charge in [-0.15, -0.1) is 5.10 Å². The van der Waals surface area contributed by atoms with Gasteiger partial charge in [0.05, 0.1) is 11.2 Å². The van der Waals surface area contributed by atoms with Gasteiger partial charge in [0.1, 0.15) is 11.1 Å². The number of hydrogen-bond donors (Lipinski definition) is 3. The number of fused-ring (bicyclic) bond motifs is 2. The van der Waals surface area contributed by atoms with E-state index < -0.39 is 5.63 Å². The van der Waals surface area contributed by atoms with Gasteiger partial charge in [-0.25, -0.2) is 14.5 Å². The number of hydrogen-bond acceptors (Lipinski definition) is 5. The standard InChI is InChI=1S/C17H14N8O2/c18-16(19)22-17(20)21-10-6-5-9-7-13(15(26)27-14(9)8-10)25-12-4-2-1-3-11(12)23-24-25/h1-8H,(H6,18,19,20,21,22). The summed E-state index contributed by atoms with van der Waals surface area (Å²) in [7, 11) is 0. The summed E-state index contributed by atoms with van der Waals surface area (Å²) in [5, 5.41) is 8.79. The number of nitrogens with zero attached hydrogens (tertiary/aromatic N) is 5. The molecule has 0 aliphatic heterocycles. The lowest BCUT2D eigenvalue weighted by Crippen LogP contribution is -2.26. The lowest BCUT2D eigenvalue weighted by molar-refractivity contribution is 0.552. The molecule has 2 aromatic carbocycles. The van der Waals surface area contributed by atoms with Crippen molar-refractivity contribution in [1.82, 2.24) is 15.0 Å². The largest absolute Gasteiger partial charge is 0.421 e. The lowest BCUT2D eigenvalue weighted by atomic mass is 10.2. The fourth-order valence-electron chi connectivity index (χ4n) is 2.64. The Bertz CT molecular complexity index is 1280. The Labute approximate surface area is 151 Å². The third-order valence-electron chi connectivity index (χ3n) is 3.77. The number of nitrogens with two attached hydrogens (primary N) is 3. The molecule has 2 aromatic heterocycles. The molecule has 0 saturated heterocycles. The zero-order chi connectivity index (χ0) is 19.0. The molecule has 0 aliphatic rings. The van der Waals surface area contributed by atoms with Crippen molar-refractivity contribution in [2.75, 3.05) is 0 Å². The molecular formula is C17H14N8O2. The molecule has 10 heteroatoms. The molecule has 0 aliphatic carbocycles. The molecule has 0 bridgehead atoms. The summed E-state index contributed by atoms with van der Waals surface area (Å²) in [5.74, 6) is -0.310. The van der Waals surface area contributed by atoms with E-state index in [4.69, 9.17) is 21.6 Å². The van der Waals surface area contributed by atoms with Crippen LogP contribution in [-0.4, -0.2) is 26.9 Å². The second-order valence-corrected chi connectivity index (χ2v) is 5.64. The first-order valence-electron chi connectivity index (χ1n) is 7.84. The maximum Gasteiger partial charge on any atom is 0.362 e. The van der Waals surface area contributed by atoms with E-state index in [9.17, 15) is 4.79 Å². The maximum atomic E-state index is 12.5. The van der Waals surface area contributed by atoms with E-state index in [1.807, 2.05) is 24.3 Å². The number of aliphatic imine (C=N–C) groups is 2. The van der Waals surface area contributed by atoms with Gasteiger partial charge in [-0.2, -0.15) is 4.99 Å². The average molecular weight is 362 g/mol. The molecule has 4 aromatic rings. The Morgan fingerprint density at radius 2 is 1.89 bits per heavy atom. The first-order valence-corrected chi connectivity index (χ1v) is 7.84. The van der Waals surface area contributed by atoms with Crippen LogP contribution in [0.2, 0.25) is 0 Å². The normalized spacial score (nSPS) is 11.8. The van der Waals surface area contributed by atoms with Crippen molar-refractivity contribution in [3.8, 4) is 5.69 Å². The van der Waals surface area contributed by atoms with Crippen LogP contribution in [0, 0.1) is 0 Å². The molecule has 134 valence electrons. The van der Waals surface area contributed by atoms with Crippen molar-refractivity contribution < 1.29 is 4.42 Å². The van der Waals surface area contributed by atoms with Crippen molar-refractivity contribution >= 4 is 39.6 Å². The minimum Gasteiger partial charge on any atom is -0.421 e. The molecule has 0 radical (unpaired) electrons. The van der Waals surface area contributed by atoms with Gasteiger partial charge in [0.25, 0.3) is 0 Å². The van der Waals surface area contributed by atoms with Gasteiger partial charge in [0.2, 0.25) is 5.96 Å². The SMILES string of the molecule is NC(N)=NC(N)=Nc1ccc2cc(-n3nnc4ccccc43)c(=O)oc2c1. The quantitative estimate of drug-likeness (QED) is 0.269. The smallest absolute Gasteiger partial charge is 0.362 e. The second kappa shape index (κ2) is 6.26. The first kappa shape index (κ1) is 16.3. The Morgan fingerprint density at radius 1 is 1.07 bits per heavy atom. The van der Waals surface area contributed by atoms with Crippen LogP contribution < -0.4 is 22.8 Å². The van der Waals surface area contributed by atoms with Crippen molar-refractivity contribution in [2.45, 2.75) is 0 Å². The summed E-state index contributed by atoms with van der Waals surface area (Å²) in [6, 6.07) is 14.0. The molecule has 2 heterocycles. The molecular weight excluding hydrogens is 348 g/mol. The number of guanidine groups is 2. The van der Waals surface area contributed by atoms with Crippen LogP contribution in [0.25, 0.3) is 27.7 Å². The number of para-hydroxylation sites is 1. The minimum atomic E-state index is -0.559. The highest BCUT2D eigenvalue weighted by Gasteiger charge is 2.12. The van der Waals surface area contributed by atoms with Crippen molar-refractivity contribution in [2.24, 2.45) is 27.2 Å². The summed E-state index contributed by atoms with van der Waals surface area (Å²) in [4.78, 5) is 20.2. The predicted molar refractivity (Wildman–Crippen MR) is 102 cm³/mol. The van der Waals surface area contributed by atoms with Crippen LogP contribution in [0.5, 0.6) is 0 Å². The zero-order valence-electron chi connectivity index (χ0n) is 13.9. The Morgan fingerprint density at radius 3 is 2.70 bits per heavy atom. The van der Waals surface area contributed by atoms with E-state index >= 15 is 0 Å².